The van der Waals surface area contributed by atoms with Crippen molar-refractivity contribution >= 4 is 23.0 Å². The van der Waals surface area contributed by atoms with Crippen LogP contribution in [-0.4, -0.2) is 12.0 Å². The fraction of sp³-hybridized carbons (Fsp3) is 0.200. The highest BCUT2D eigenvalue weighted by Gasteiger charge is 2.13. The first-order valence-corrected chi connectivity index (χ1v) is 6.76. The maximum Gasteiger partial charge on any atom is 0.292 e. The molecule has 0 amide bonds. The molecule has 2 aromatic carbocycles. The number of benzene rings is 2. The van der Waals surface area contributed by atoms with Gasteiger partial charge in [-0.2, -0.15) is 0 Å². The molecule has 1 N–H and O–H groups in total. The van der Waals surface area contributed by atoms with Gasteiger partial charge in [-0.1, -0.05) is 35.9 Å². The van der Waals surface area contributed by atoms with Crippen molar-refractivity contribution in [3.05, 3.63) is 68.7 Å². The highest BCUT2D eigenvalue weighted by Crippen LogP contribution is 2.25. The van der Waals surface area contributed by atoms with Gasteiger partial charge in [0.25, 0.3) is 5.69 Å². The van der Waals surface area contributed by atoms with Crippen LogP contribution < -0.4 is 5.32 Å². The van der Waals surface area contributed by atoms with Crippen molar-refractivity contribution in [1.29, 1.82) is 0 Å². The van der Waals surface area contributed by atoms with Crippen molar-refractivity contribution in [2.75, 3.05) is 12.4 Å². The third-order valence-corrected chi connectivity index (χ3v) is 3.38. The number of halogens is 1. The van der Waals surface area contributed by atoms with Gasteiger partial charge in [-0.3, -0.25) is 10.1 Å². The molecular weight excluding hydrogens is 292 g/mol. The topological polar surface area (TPSA) is 64.4 Å². The van der Waals surface area contributed by atoms with Gasteiger partial charge in [-0.25, -0.2) is 0 Å². The number of rotatable bonds is 6. The Hall–Kier alpha value is -2.11. The molecule has 21 heavy (non-hydrogen) atoms. The molecule has 6 heteroatoms. The summed E-state index contributed by atoms with van der Waals surface area (Å²) in [7, 11) is 1.65. The molecule has 0 saturated heterocycles. The maximum atomic E-state index is 11.0. The molecule has 0 saturated carbocycles. The van der Waals surface area contributed by atoms with Crippen LogP contribution in [0.4, 0.5) is 11.4 Å². The average Bonchev–Trinajstić information content (AvgIpc) is 2.49. The van der Waals surface area contributed by atoms with Gasteiger partial charge in [0.05, 0.1) is 18.1 Å². The van der Waals surface area contributed by atoms with E-state index in [2.05, 4.69) is 5.32 Å². The van der Waals surface area contributed by atoms with Gasteiger partial charge < -0.3 is 10.1 Å². The van der Waals surface area contributed by atoms with Gasteiger partial charge in [0.1, 0.15) is 5.69 Å². The van der Waals surface area contributed by atoms with E-state index in [1.54, 1.807) is 25.2 Å². The Balaban J connectivity index is 2.02. The van der Waals surface area contributed by atoms with Crippen molar-refractivity contribution in [1.82, 2.24) is 0 Å². The lowest BCUT2D eigenvalue weighted by Crippen LogP contribution is -1.99. The third-order valence-electron chi connectivity index (χ3n) is 3.01. The number of hydrogen-bond donors (Lipinski definition) is 1. The summed E-state index contributed by atoms with van der Waals surface area (Å²) in [6.07, 6.45) is 0. The van der Waals surface area contributed by atoms with Gasteiger partial charge in [-0.05, 0) is 23.3 Å². The Morgan fingerprint density at radius 1 is 1.24 bits per heavy atom. The van der Waals surface area contributed by atoms with Crippen LogP contribution in [0.1, 0.15) is 11.1 Å². The predicted octanol–water partition coefficient (Wildman–Crippen LogP) is 4.01. The van der Waals surface area contributed by atoms with Crippen LogP contribution in [-0.2, 0) is 18.0 Å². The number of nitro groups is 1. The molecule has 2 rings (SSSR count). The Morgan fingerprint density at radius 2 is 2.00 bits per heavy atom. The van der Waals surface area contributed by atoms with Gasteiger partial charge in [0.15, 0.2) is 0 Å². The molecule has 110 valence electrons. The van der Waals surface area contributed by atoms with E-state index in [4.69, 9.17) is 16.3 Å². The van der Waals surface area contributed by atoms with E-state index in [1.165, 1.54) is 6.07 Å². The largest absolute Gasteiger partial charge is 0.383 e. The van der Waals surface area contributed by atoms with E-state index in [1.807, 2.05) is 18.2 Å². The van der Waals surface area contributed by atoms with Crippen LogP contribution in [0.25, 0.3) is 0 Å². The van der Waals surface area contributed by atoms with Crippen molar-refractivity contribution in [2.45, 2.75) is 13.2 Å². The zero-order chi connectivity index (χ0) is 15.2. The quantitative estimate of drug-likeness (QED) is 0.647. The third kappa shape index (κ3) is 3.93. The van der Waals surface area contributed by atoms with Gasteiger partial charge in [-0.15, -0.1) is 0 Å². The maximum absolute atomic E-state index is 11.0. The molecule has 0 fully saturated rings. The molecule has 0 heterocycles. The van der Waals surface area contributed by atoms with Gasteiger partial charge in [0.2, 0.25) is 0 Å². The molecule has 5 nitrogen and oxygen atoms in total. The van der Waals surface area contributed by atoms with E-state index in [0.29, 0.717) is 17.3 Å². The zero-order valence-electron chi connectivity index (χ0n) is 11.5. The van der Waals surface area contributed by atoms with Crippen LogP contribution >= 0.6 is 11.6 Å². The van der Waals surface area contributed by atoms with E-state index < -0.39 is 4.92 Å². The predicted molar refractivity (Wildman–Crippen MR) is 82.6 cm³/mol. The van der Waals surface area contributed by atoms with Crippen LogP contribution in [0.2, 0.25) is 5.02 Å². The molecular formula is C15H15ClN2O3. The summed E-state index contributed by atoms with van der Waals surface area (Å²) in [5.41, 5.74) is 2.15. The summed E-state index contributed by atoms with van der Waals surface area (Å²) in [6, 6.07) is 12.4. The lowest BCUT2D eigenvalue weighted by molar-refractivity contribution is -0.384. The molecule has 2 aromatic rings. The van der Waals surface area contributed by atoms with Gasteiger partial charge >= 0.3 is 0 Å². The Kier molecular flexibility index (Phi) is 5.14. The number of nitrogens with zero attached hydrogens (tertiary/aromatic N) is 1. The highest BCUT2D eigenvalue weighted by molar-refractivity contribution is 6.31. The lowest BCUT2D eigenvalue weighted by Gasteiger charge is -2.08. The molecule has 0 atom stereocenters. The summed E-state index contributed by atoms with van der Waals surface area (Å²) in [5, 5.41) is 14.4. The molecule has 0 aliphatic carbocycles. The molecule has 0 bridgehead atoms. The molecule has 0 aliphatic rings. The van der Waals surface area contributed by atoms with E-state index >= 15 is 0 Å². The fourth-order valence-corrected chi connectivity index (χ4v) is 2.11. The second kappa shape index (κ2) is 7.06. The second-order valence-corrected chi connectivity index (χ2v) is 4.85. The lowest BCUT2D eigenvalue weighted by atomic mass is 10.2. The first kappa shape index (κ1) is 15.3. The summed E-state index contributed by atoms with van der Waals surface area (Å²) in [5.74, 6) is 0. The fourth-order valence-electron chi connectivity index (χ4n) is 1.92. The first-order valence-electron chi connectivity index (χ1n) is 6.38. The molecule has 0 unspecified atom stereocenters. The summed E-state index contributed by atoms with van der Waals surface area (Å²) < 4.78 is 5.57. The van der Waals surface area contributed by atoms with Crippen LogP contribution in [0.15, 0.2) is 42.5 Å². The van der Waals surface area contributed by atoms with Crippen LogP contribution in [0.3, 0.4) is 0 Å². The highest BCUT2D eigenvalue weighted by atomic mass is 35.5. The first-order chi connectivity index (χ1) is 10.1. The number of anilines is 1. The smallest absolute Gasteiger partial charge is 0.292 e. The summed E-state index contributed by atoms with van der Waals surface area (Å²) in [6.45, 7) is 0.650. The van der Waals surface area contributed by atoms with Crippen molar-refractivity contribution in [2.24, 2.45) is 0 Å². The standard InChI is InChI=1S/C15H15ClN2O3/c1-17-14-7-6-11(8-15(14)18(19)20)9-21-10-12-4-2-3-5-13(12)16/h2-8,17H,9-10H2,1H3. The Bertz CT molecular complexity index is 647. The van der Waals surface area contributed by atoms with E-state index in [-0.39, 0.29) is 12.3 Å². The minimum Gasteiger partial charge on any atom is -0.383 e. The van der Waals surface area contributed by atoms with Crippen LogP contribution in [0, 0.1) is 10.1 Å². The number of nitrogens with one attached hydrogen (secondary N) is 1. The van der Waals surface area contributed by atoms with E-state index in [9.17, 15) is 10.1 Å². The molecule has 0 aromatic heterocycles. The Morgan fingerprint density at radius 3 is 2.67 bits per heavy atom. The number of ether oxygens (including phenoxy) is 1. The number of hydrogen-bond acceptors (Lipinski definition) is 4. The van der Waals surface area contributed by atoms with Crippen molar-refractivity contribution in [3.8, 4) is 0 Å². The second-order valence-electron chi connectivity index (χ2n) is 4.44. The van der Waals surface area contributed by atoms with E-state index in [0.717, 1.165) is 11.1 Å². The monoisotopic (exact) mass is 306 g/mol. The minimum absolute atomic E-state index is 0.0383. The SMILES string of the molecule is CNc1ccc(COCc2ccccc2Cl)cc1[N+](=O)[O-]. The van der Waals surface area contributed by atoms with Crippen LogP contribution in [0.5, 0.6) is 0 Å². The van der Waals surface area contributed by atoms with Crippen molar-refractivity contribution in [3.63, 3.8) is 0 Å². The summed E-state index contributed by atoms with van der Waals surface area (Å²) >= 11 is 6.03. The Labute approximate surface area is 127 Å². The minimum atomic E-state index is -0.413. The number of nitro benzene ring substituents is 1. The zero-order valence-corrected chi connectivity index (χ0v) is 12.3. The molecule has 0 radical (unpaired) electrons. The molecule has 0 spiro atoms. The summed E-state index contributed by atoms with van der Waals surface area (Å²) in [4.78, 5) is 10.6. The molecule has 0 aliphatic heterocycles. The average molecular weight is 307 g/mol. The van der Waals surface area contributed by atoms with Gasteiger partial charge in [0, 0.05) is 18.1 Å². The normalized spacial score (nSPS) is 10.4. The van der Waals surface area contributed by atoms with Crippen molar-refractivity contribution < 1.29 is 9.66 Å².